The number of benzene rings is 5. The summed E-state index contributed by atoms with van der Waals surface area (Å²) in [4.78, 5) is 33.6. The Kier molecular flexibility index (Phi) is 13.4. The van der Waals surface area contributed by atoms with Crippen molar-refractivity contribution in [1.82, 2.24) is 24.9 Å². The number of amides is 3. The predicted molar refractivity (Wildman–Crippen MR) is 277 cm³/mol. The van der Waals surface area contributed by atoms with Gasteiger partial charge < -0.3 is 19.6 Å². The van der Waals surface area contributed by atoms with E-state index >= 15 is 4.39 Å². The predicted octanol–water partition coefficient (Wildman–Crippen LogP) is 9.90. The van der Waals surface area contributed by atoms with Gasteiger partial charge in [-0.2, -0.15) is 5.10 Å². The number of aromatic nitrogens is 2. The lowest BCUT2D eigenvalue weighted by Gasteiger charge is -2.46. The molecule has 2 aliphatic carbocycles. The van der Waals surface area contributed by atoms with Crippen molar-refractivity contribution in [1.29, 1.82) is 0 Å². The standard InChI is InChI=1S/C59H68FN7O4/c1-40-36-59(70,52-35-54-51(34-53(52)60)57(62-63(54)2)67-27-25-55(68)61-58(67)69)26-28-66(40)38-46-16-10-9-15-45(46)37-64-29-31-65(32-30-64)47-20-17-43(18-21-47)56-49(42-13-7-4-8-14-42)23-19-44-33-48(22-24-50(44)56)71-39-41-11-5-3-6-12-41/h3-8,11-14,17-18,20-22,24,33-35,40,45-46,49,56,70H,9-10,15-16,19,23,25-32,36-39H2,1-2H3,(H,61,68,69)/t40-,45+,46+,49-,56+,59?/m1/s1. The van der Waals surface area contributed by atoms with Gasteiger partial charge in [-0.1, -0.05) is 91.7 Å². The van der Waals surface area contributed by atoms with Crippen LogP contribution in [0.4, 0.5) is 20.7 Å². The second kappa shape index (κ2) is 20.2. The lowest BCUT2D eigenvalue weighted by atomic mass is 9.69. The number of carbonyl (C=O) groups excluding carboxylic acids is 2. The van der Waals surface area contributed by atoms with Crippen LogP contribution in [-0.2, 0) is 30.5 Å². The lowest BCUT2D eigenvalue weighted by molar-refractivity contribution is -0.120. The zero-order valence-electron chi connectivity index (χ0n) is 41.3. The molecule has 1 saturated carbocycles. The summed E-state index contributed by atoms with van der Waals surface area (Å²) in [5.41, 5.74) is 7.64. The number of hydrogen-bond acceptors (Lipinski definition) is 8. The van der Waals surface area contributed by atoms with Gasteiger partial charge in [0, 0.05) is 94.4 Å². The molecule has 4 heterocycles. The molecule has 5 aromatic carbocycles. The van der Waals surface area contributed by atoms with E-state index < -0.39 is 17.4 Å². The Morgan fingerprint density at radius 2 is 1.52 bits per heavy atom. The molecule has 0 bridgehead atoms. The number of hydrogen-bond donors (Lipinski definition) is 2. The van der Waals surface area contributed by atoms with Crippen LogP contribution in [0.25, 0.3) is 10.9 Å². The van der Waals surface area contributed by atoms with Crippen molar-refractivity contribution < 1.29 is 23.8 Å². The Morgan fingerprint density at radius 3 is 2.25 bits per heavy atom. The molecule has 3 saturated heterocycles. The monoisotopic (exact) mass is 958 g/mol. The summed E-state index contributed by atoms with van der Waals surface area (Å²) in [6.45, 7) is 9.87. The number of nitrogens with one attached hydrogen (secondary N) is 1. The van der Waals surface area contributed by atoms with Crippen LogP contribution in [0.2, 0.25) is 0 Å². The molecule has 12 heteroatoms. The highest BCUT2D eigenvalue weighted by Crippen LogP contribution is 2.48. The minimum absolute atomic E-state index is 0.0766. The average molecular weight is 958 g/mol. The molecular weight excluding hydrogens is 890 g/mol. The Balaban J connectivity index is 0.709. The molecule has 0 spiro atoms. The first-order chi connectivity index (χ1) is 34.6. The van der Waals surface area contributed by atoms with Crippen molar-refractivity contribution in [3.8, 4) is 5.75 Å². The van der Waals surface area contributed by atoms with Crippen molar-refractivity contribution in [2.45, 2.75) is 94.8 Å². The Labute approximate surface area is 417 Å². The number of piperazine rings is 1. The van der Waals surface area contributed by atoms with Crippen LogP contribution >= 0.6 is 0 Å². The van der Waals surface area contributed by atoms with E-state index in [1.807, 2.05) is 6.07 Å². The fourth-order valence-electron chi connectivity index (χ4n) is 12.9. The largest absolute Gasteiger partial charge is 0.489 e. The van der Waals surface area contributed by atoms with Gasteiger partial charge in [-0.15, -0.1) is 0 Å². The molecule has 6 aromatic rings. The van der Waals surface area contributed by atoms with Crippen LogP contribution in [0, 0.1) is 17.7 Å². The fraction of sp³-hybridized carbons (Fsp3) is 0.441. The topological polar surface area (TPSA) is 106 Å². The number of fused-ring (bicyclic) bond motifs is 2. The molecule has 1 aromatic heterocycles. The third kappa shape index (κ3) is 9.83. The third-order valence-corrected chi connectivity index (χ3v) is 16.9. The SMILES string of the molecule is C[C@@H]1CC(O)(c2cc3c(cc2F)c(N2CCC(=O)NC2=O)nn3C)CCN1C[C@@H]1CCCC[C@H]1CN1CCN(c2ccc([C@@H]3c4ccc(OCc5ccccc5)cc4CC[C@@H]3c3ccccc3)cc2)CC1. The molecule has 1 unspecified atom stereocenters. The summed E-state index contributed by atoms with van der Waals surface area (Å²) in [5, 5.41) is 19.5. The van der Waals surface area contributed by atoms with Crippen LogP contribution in [0.15, 0.2) is 115 Å². The number of carbonyl (C=O) groups is 2. The minimum atomic E-state index is -1.32. The first-order valence-electron chi connectivity index (χ1n) is 26.2. The van der Waals surface area contributed by atoms with Gasteiger partial charge in [0.05, 0.1) is 11.1 Å². The highest BCUT2D eigenvalue weighted by atomic mass is 19.1. The van der Waals surface area contributed by atoms with E-state index in [-0.39, 0.29) is 36.4 Å². The van der Waals surface area contributed by atoms with Gasteiger partial charge in [0.1, 0.15) is 18.2 Å². The molecule has 71 heavy (non-hydrogen) atoms. The zero-order chi connectivity index (χ0) is 48.6. The number of nitrogens with zero attached hydrogens (tertiary/aromatic N) is 6. The number of imide groups is 1. The minimum Gasteiger partial charge on any atom is -0.489 e. The Hall–Kier alpha value is -6.08. The molecule has 2 N–H and O–H groups in total. The van der Waals surface area contributed by atoms with E-state index in [0.29, 0.717) is 60.5 Å². The summed E-state index contributed by atoms with van der Waals surface area (Å²) >= 11 is 0. The molecule has 5 aliphatic rings. The first-order valence-corrected chi connectivity index (χ1v) is 26.2. The number of ether oxygens (including phenoxy) is 1. The Bertz CT molecular complexity index is 2850. The molecular formula is C59H68FN7O4. The second-order valence-corrected chi connectivity index (χ2v) is 21.2. The number of urea groups is 1. The maximum absolute atomic E-state index is 16.1. The van der Waals surface area contributed by atoms with Crippen molar-refractivity contribution in [3.05, 3.63) is 154 Å². The number of aliphatic hydroxyl groups is 1. The molecule has 6 atom stereocenters. The molecule has 11 nitrogen and oxygen atoms in total. The van der Waals surface area contributed by atoms with E-state index in [1.165, 1.54) is 70.2 Å². The number of anilines is 2. The van der Waals surface area contributed by atoms with Crippen molar-refractivity contribution in [2.24, 2.45) is 18.9 Å². The summed E-state index contributed by atoms with van der Waals surface area (Å²) < 4.78 is 24.0. The van der Waals surface area contributed by atoms with E-state index in [4.69, 9.17) is 4.74 Å². The molecule has 0 radical (unpaired) electrons. The Morgan fingerprint density at radius 1 is 0.789 bits per heavy atom. The molecule has 370 valence electrons. The summed E-state index contributed by atoms with van der Waals surface area (Å²) in [6, 6.07) is 40.3. The van der Waals surface area contributed by atoms with Gasteiger partial charge in [0.15, 0.2) is 5.82 Å². The van der Waals surface area contributed by atoms with Crippen LogP contribution in [-0.4, -0.2) is 95.0 Å². The van der Waals surface area contributed by atoms with E-state index in [0.717, 1.165) is 57.9 Å². The van der Waals surface area contributed by atoms with Crippen molar-refractivity contribution in [2.75, 3.05) is 62.2 Å². The summed E-state index contributed by atoms with van der Waals surface area (Å²) in [6.07, 6.45) is 8.16. The maximum atomic E-state index is 16.1. The maximum Gasteiger partial charge on any atom is 0.329 e. The van der Waals surface area contributed by atoms with Gasteiger partial charge in [0.2, 0.25) is 5.91 Å². The lowest BCUT2D eigenvalue weighted by Crippen LogP contribution is -2.52. The number of aryl methyl sites for hydroxylation is 2. The fourth-order valence-corrected chi connectivity index (χ4v) is 12.9. The van der Waals surface area contributed by atoms with Gasteiger partial charge in [0.25, 0.3) is 0 Å². The van der Waals surface area contributed by atoms with Crippen LogP contribution in [0.5, 0.6) is 5.75 Å². The molecule has 3 aliphatic heterocycles. The molecule has 11 rings (SSSR count). The zero-order valence-corrected chi connectivity index (χ0v) is 41.3. The van der Waals surface area contributed by atoms with Gasteiger partial charge in [-0.3, -0.25) is 24.6 Å². The van der Waals surface area contributed by atoms with Crippen LogP contribution in [0.3, 0.4) is 0 Å². The van der Waals surface area contributed by atoms with Crippen LogP contribution < -0.4 is 19.9 Å². The van der Waals surface area contributed by atoms with Crippen molar-refractivity contribution >= 4 is 34.3 Å². The number of rotatable bonds is 12. The quantitative estimate of drug-likeness (QED) is 0.125. The van der Waals surface area contributed by atoms with E-state index in [2.05, 4.69) is 129 Å². The van der Waals surface area contributed by atoms with Gasteiger partial charge in [-0.25, -0.2) is 9.18 Å². The second-order valence-electron chi connectivity index (χ2n) is 21.2. The highest BCUT2D eigenvalue weighted by molar-refractivity contribution is 6.08. The number of piperidine rings is 1. The molecule has 3 amide bonds. The van der Waals surface area contributed by atoms with Crippen molar-refractivity contribution in [3.63, 3.8) is 0 Å². The van der Waals surface area contributed by atoms with E-state index in [9.17, 15) is 14.7 Å². The van der Waals surface area contributed by atoms with Gasteiger partial charge in [-0.05, 0) is 127 Å². The molecule has 4 fully saturated rings. The normalized spacial score (nSPS) is 25.5. The van der Waals surface area contributed by atoms with E-state index in [1.54, 1.807) is 17.8 Å². The smallest absolute Gasteiger partial charge is 0.329 e. The first kappa shape index (κ1) is 47.3. The highest BCUT2D eigenvalue weighted by Gasteiger charge is 2.42. The third-order valence-electron chi connectivity index (χ3n) is 16.9. The van der Waals surface area contributed by atoms with Gasteiger partial charge >= 0.3 is 6.03 Å². The number of likely N-dealkylation sites (tertiary alicyclic amines) is 1. The summed E-state index contributed by atoms with van der Waals surface area (Å²) in [5.74, 6) is 2.29. The number of halogens is 1. The summed E-state index contributed by atoms with van der Waals surface area (Å²) in [7, 11) is 1.76. The van der Waals surface area contributed by atoms with Crippen LogP contribution in [0.1, 0.15) is 104 Å². The average Bonchev–Trinajstić information content (AvgIpc) is 3.71.